The molecule has 0 radical (unpaired) electrons. The zero-order chi connectivity index (χ0) is 23.8. The minimum Gasteiger partial charge on any atom is -0.457 e. The van der Waals surface area contributed by atoms with Crippen molar-refractivity contribution in [1.82, 2.24) is 19.8 Å². The molecule has 176 valence electrons. The van der Waals surface area contributed by atoms with Crippen molar-refractivity contribution in [2.75, 3.05) is 19.3 Å². The van der Waals surface area contributed by atoms with Crippen molar-refractivity contribution in [2.45, 2.75) is 52.5 Å². The Bertz CT molecular complexity index is 1070. The van der Waals surface area contributed by atoms with Crippen molar-refractivity contribution in [2.24, 2.45) is 0 Å². The van der Waals surface area contributed by atoms with Crippen LogP contribution in [0.15, 0.2) is 55.0 Å². The van der Waals surface area contributed by atoms with Crippen LogP contribution in [-0.4, -0.2) is 38.6 Å². The number of allylic oxidation sites excluding steroid dienone is 1. The lowest BCUT2D eigenvalue weighted by Crippen LogP contribution is -2.19. The molecule has 0 spiro atoms. The van der Waals surface area contributed by atoms with E-state index >= 15 is 0 Å². The van der Waals surface area contributed by atoms with Crippen LogP contribution in [0.1, 0.15) is 56.7 Å². The summed E-state index contributed by atoms with van der Waals surface area (Å²) in [5, 5.41) is 15.3. The van der Waals surface area contributed by atoms with Gasteiger partial charge in [0.1, 0.15) is 17.3 Å². The molecule has 2 heterocycles. The highest BCUT2D eigenvalue weighted by molar-refractivity contribution is 5.75. The van der Waals surface area contributed by atoms with Gasteiger partial charge in [0.25, 0.3) is 0 Å². The molecule has 7 heteroatoms. The van der Waals surface area contributed by atoms with E-state index in [1.807, 2.05) is 54.3 Å². The molecule has 0 aliphatic rings. The van der Waals surface area contributed by atoms with Crippen molar-refractivity contribution in [3.05, 3.63) is 66.1 Å². The van der Waals surface area contributed by atoms with E-state index in [1.54, 1.807) is 13.2 Å². The third kappa shape index (κ3) is 6.43. The number of aromatic nitrogens is 3. The minimum absolute atomic E-state index is 0.207. The van der Waals surface area contributed by atoms with Crippen LogP contribution in [0.5, 0.6) is 5.75 Å². The molecule has 0 saturated carbocycles. The Morgan fingerprint density at radius 1 is 1.24 bits per heavy atom. The predicted molar refractivity (Wildman–Crippen MR) is 133 cm³/mol. The number of hydroxylamine groups is 2. The van der Waals surface area contributed by atoms with Gasteiger partial charge in [-0.1, -0.05) is 38.5 Å². The largest absolute Gasteiger partial charge is 0.457 e. The summed E-state index contributed by atoms with van der Waals surface area (Å²) in [5.74, 6) is 1.94. The number of hydrogen-bond donors (Lipinski definition) is 2. The Hall–Kier alpha value is -3.16. The average Bonchev–Trinajstić information content (AvgIpc) is 3.28. The normalized spacial score (nSPS) is 12.8. The summed E-state index contributed by atoms with van der Waals surface area (Å²) in [7, 11) is 1.66. The van der Waals surface area contributed by atoms with Gasteiger partial charge in [-0.05, 0) is 50.0 Å². The highest BCUT2D eigenvalue weighted by Crippen LogP contribution is 2.31. The summed E-state index contributed by atoms with van der Waals surface area (Å²) in [6.45, 7) is 6.87. The molecule has 0 aliphatic heterocycles. The summed E-state index contributed by atoms with van der Waals surface area (Å²) in [5.41, 5.74) is 10.0. The quantitative estimate of drug-likeness (QED) is 0.287. The lowest BCUT2D eigenvalue weighted by molar-refractivity contribution is -0.0679. The number of rotatable bonds is 11. The summed E-state index contributed by atoms with van der Waals surface area (Å²) in [6, 6.07) is 10.2. The van der Waals surface area contributed by atoms with Gasteiger partial charge < -0.3 is 15.7 Å². The van der Waals surface area contributed by atoms with Crippen molar-refractivity contribution in [1.29, 1.82) is 0 Å². The van der Waals surface area contributed by atoms with E-state index in [0.29, 0.717) is 18.1 Å². The number of anilines is 1. The van der Waals surface area contributed by atoms with Gasteiger partial charge in [-0.2, -0.15) is 10.2 Å². The molecule has 0 amide bonds. The van der Waals surface area contributed by atoms with E-state index < -0.39 is 0 Å². The number of pyridine rings is 1. The smallest absolute Gasteiger partial charge is 0.134 e. The van der Waals surface area contributed by atoms with Gasteiger partial charge in [-0.15, -0.1) is 0 Å². The number of aryl methyl sites for hydroxylation is 1. The molecular weight excluding hydrogens is 414 g/mol. The van der Waals surface area contributed by atoms with Gasteiger partial charge in [-0.3, -0.25) is 4.68 Å². The second-order valence-electron chi connectivity index (χ2n) is 8.32. The van der Waals surface area contributed by atoms with Gasteiger partial charge in [0.05, 0.1) is 17.8 Å². The van der Waals surface area contributed by atoms with Crippen LogP contribution in [0.2, 0.25) is 0 Å². The molecule has 0 bridgehead atoms. The van der Waals surface area contributed by atoms with Crippen LogP contribution >= 0.6 is 0 Å². The zero-order valence-electron chi connectivity index (χ0n) is 20.0. The number of ether oxygens (including phenoxy) is 1. The second-order valence-corrected chi connectivity index (χ2v) is 8.32. The predicted octanol–water partition coefficient (Wildman–Crippen LogP) is 5.72. The summed E-state index contributed by atoms with van der Waals surface area (Å²) in [6.07, 6.45) is 11.3. The van der Waals surface area contributed by atoms with Crippen LogP contribution in [0.4, 0.5) is 5.82 Å². The fourth-order valence-corrected chi connectivity index (χ4v) is 3.65. The Balaban J connectivity index is 1.92. The number of benzene rings is 1. The lowest BCUT2D eigenvalue weighted by Gasteiger charge is -2.17. The molecule has 0 saturated heterocycles. The maximum Gasteiger partial charge on any atom is 0.134 e. The van der Waals surface area contributed by atoms with E-state index in [1.165, 1.54) is 5.06 Å². The first-order chi connectivity index (χ1) is 15.9. The monoisotopic (exact) mass is 449 g/mol. The number of hydrogen-bond acceptors (Lipinski definition) is 6. The molecule has 0 fully saturated rings. The van der Waals surface area contributed by atoms with E-state index in [9.17, 15) is 5.21 Å². The van der Waals surface area contributed by atoms with Gasteiger partial charge in [0.15, 0.2) is 0 Å². The first-order valence-corrected chi connectivity index (χ1v) is 11.6. The van der Waals surface area contributed by atoms with Gasteiger partial charge >= 0.3 is 0 Å². The molecule has 3 N–H and O–H groups in total. The molecule has 7 nitrogen and oxygen atoms in total. The van der Waals surface area contributed by atoms with Gasteiger partial charge in [0, 0.05) is 37.1 Å². The minimum atomic E-state index is 0.207. The Kier molecular flexibility index (Phi) is 8.63. The Morgan fingerprint density at radius 3 is 2.73 bits per heavy atom. The van der Waals surface area contributed by atoms with E-state index in [-0.39, 0.29) is 6.04 Å². The highest BCUT2D eigenvalue weighted by atomic mass is 16.5. The molecule has 1 unspecified atom stereocenters. The molecule has 1 aromatic carbocycles. The third-order valence-electron chi connectivity index (χ3n) is 5.68. The molecule has 2 aromatic heterocycles. The molecule has 1 atom stereocenters. The van der Waals surface area contributed by atoms with Crippen molar-refractivity contribution < 1.29 is 9.94 Å². The number of nitrogen functional groups attached to an aromatic ring is 1. The highest BCUT2D eigenvalue weighted by Gasteiger charge is 2.16. The molecule has 33 heavy (non-hydrogen) atoms. The number of para-hydroxylation sites is 1. The fourth-order valence-electron chi connectivity index (χ4n) is 3.65. The number of nitrogens with two attached hydrogens (primary N) is 1. The summed E-state index contributed by atoms with van der Waals surface area (Å²) >= 11 is 0. The van der Waals surface area contributed by atoms with Crippen molar-refractivity contribution >= 4 is 11.6 Å². The zero-order valence-corrected chi connectivity index (χ0v) is 20.0. The number of nitrogens with zero attached hydrogens (tertiary/aromatic N) is 4. The molecular formula is C26H35N5O2. The summed E-state index contributed by atoms with van der Waals surface area (Å²) in [4.78, 5) is 4.46. The van der Waals surface area contributed by atoms with Gasteiger partial charge in [-0.25, -0.2) is 4.98 Å². The van der Waals surface area contributed by atoms with Crippen LogP contribution in [0.3, 0.4) is 0 Å². The maximum atomic E-state index is 9.49. The van der Waals surface area contributed by atoms with Crippen LogP contribution in [0.25, 0.3) is 16.9 Å². The summed E-state index contributed by atoms with van der Waals surface area (Å²) < 4.78 is 8.28. The molecule has 3 aromatic rings. The van der Waals surface area contributed by atoms with Crippen LogP contribution in [0, 0.1) is 6.92 Å². The van der Waals surface area contributed by atoms with E-state index in [2.05, 4.69) is 30.0 Å². The third-order valence-corrected chi connectivity index (χ3v) is 5.68. The Morgan fingerprint density at radius 2 is 2.03 bits per heavy atom. The molecule has 0 aliphatic carbocycles. The van der Waals surface area contributed by atoms with Crippen molar-refractivity contribution in [3.63, 3.8) is 0 Å². The molecule has 3 rings (SSSR count). The Labute approximate surface area is 196 Å². The van der Waals surface area contributed by atoms with Crippen LogP contribution in [-0.2, 0) is 0 Å². The SMILES string of the molecule is CCC/C=C(/Oc1ccccc1C)c1cc(-c2cnn(C(CC)CCN(C)O)c2)cnc1N. The second kappa shape index (κ2) is 11.6. The topological polar surface area (TPSA) is 89.4 Å². The first-order valence-electron chi connectivity index (χ1n) is 11.6. The van der Waals surface area contributed by atoms with Crippen LogP contribution < -0.4 is 10.5 Å². The fraction of sp³-hybridized carbons (Fsp3) is 0.385. The average molecular weight is 450 g/mol. The lowest BCUT2D eigenvalue weighted by atomic mass is 10.1. The maximum absolute atomic E-state index is 9.49. The van der Waals surface area contributed by atoms with Crippen molar-refractivity contribution in [3.8, 4) is 16.9 Å². The van der Waals surface area contributed by atoms with Gasteiger partial charge in [0.2, 0.25) is 0 Å². The standard InChI is InChI=1S/C26H35N5O2/c1-5-7-11-25(33-24-12-9-8-10-19(24)3)23-15-20(16-28-26(23)27)21-17-29-31(18-21)22(6-2)13-14-30(4)32/h8-12,15-18,22,32H,5-7,13-14H2,1-4H3,(H2,27,28)/b25-11+. The first kappa shape index (κ1) is 24.5. The van der Waals surface area contributed by atoms with E-state index in [0.717, 1.165) is 53.7 Å². The number of unbranched alkanes of at least 4 members (excludes halogenated alkanes) is 1. The van der Waals surface area contributed by atoms with E-state index in [4.69, 9.17) is 10.5 Å².